The van der Waals surface area contributed by atoms with Crippen LogP contribution in [0.2, 0.25) is 5.02 Å². The Kier molecular flexibility index (Phi) is 8.87. The molecule has 3 aromatic rings. The van der Waals surface area contributed by atoms with E-state index in [4.69, 9.17) is 11.6 Å². The highest BCUT2D eigenvalue weighted by molar-refractivity contribution is 6.31. The zero-order chi connectivity index (χ0) is 30.0. The number of fused-ring (bicyclic) bond motifs is 2. The Labute approximate surface area is 251 Å². The molecule has 0 radical (unpaired) electrons. The van der Waals surface area contributed by atoms with Crippen LogP contribution in [0.3, 0.4) is 0 Å². The van der Waals surface area contributed by atoms with E-state index >= 15 is 0 Å². The molecule has 1 aromatic heterocycles. The molecule has 42 heavy (non-hydrogen) atoms. The van der Waals surface area contributed by atoms with Crippen molar-refractivity contribution in [1.82, 2.24) is 25.4 Å². The lowest BCUT2D eigenvalue weighted by atomic mass is 9.79. The molecule has 4 amide bonds. The summed E-state index contributed by atoms with van der Waals surface area (Å²) in [4.78, 5) is 59.0. The molecular weight excluding hydrogens is 554 g/mol. The van der Waals surface area contributed by atoms with Gasteiger partial charge in [-0.05, 0) is 59.6 Å². The molecule has 3 atom stereocenters. The number of nitrogens with one attached hydrogen (secondary N) is 3. The number of likely N-dealkylation sites (N-methyl/N-ethyl adjacent to an activating group) is 1. The molecule has 2 aliphatic rings. The number of aromatic nitrogens is 1. The normalized spacial score (nSPS) is 20.1. The first-order valence-electron chi connectivity index (χ1n) is 14.5. The third-order valence-corrected chi connectivity index (χ3v) is 8.71. The Hall–Kier alpha value is -3.85. The van der Waals surface area contributed by atoms with Crippen LogP contribution >= 0.6 is 11.6 Å². The van der Waals surface area contributed by atoms with Gasteiger partial charge in [0, 0.05) is 60.9 Å². The van der Waals surface area contributed by atoms with Crippen LogP contribution in [0.1, 0.15) is 35.3 Å². The highest BCUT2D eigenvalue weighted by atomic mass is 35.5. The summed E-state index contributed by atoms with van der Waals surface area (Å²) < 4.78 is 0. The molecule has 3 heterocycles. The average molecular weight is 592 g/mol. The maximum Gasteiger partial charge on any atom is 0.253 e. The fraction of sp³-hybridized carbons (Fsp3) is 0.438. The van der Waals surface area contributed by atoms with Gasteiger partial charge in [0.1, 0.15) is 0 Å². The van der Waals surface area contributed by atoms with Gasteiger partial charge in [-0.25, -0.2) is 0 Å². The van der Waals surface area contributed by atoms with Gasteiger partial charge in [0.25, 0.3) is 5.91 Å². The molecule has 2 aliphatic heterocycles. The van der Waals surface area contributed by atoms with Gasteiger partial charge in [0.05, 0.1) is 18.9 Å². The molecule has 3 N–H and O–H groups in total. The van der Waals surface area contributed by atoms with E-state index in [1.807, 2.05) is 47.5 Å². The number of amides is 4. The summed E-state index contributed by atoms with van der Waals surface area (Å²) in [7, 11) is 1.51. The number of rotatable bonds is 8. The SMILES string of the molecule is CNC(=O)CNC(=O)C1CN(C(=O)Cc2c[nH]c3cc(Cl)ccc23)CC2CN(C(=O)c3ccc(CC(C)C)cc3)CC21. The summed E-state index contributed by atoms with van der Waals surface area (Å²) in [5.41, 5.74) is 3.53. The topological polar surface area (TPSA) is 115 Å². The maximum absolute atomic E-state index is 13.6. The molecule has 0 bridgehead atoms. The number of H-pyrrole nitrogens is 1. The Morgan fingerprint density at radius 1 is 1.00 bits per heavy atom. The minimum Gasteiger partial charge on any atom is -0.361 e. The largest absolute Gasteiger partial charge is 0.361 e. The lowest BCUT2D eigenvalue weighted by Gasteiger charge is -2.39. The number of hydrogen-bond donors (Lipinski definition) is 3. The minimum absolute atomic E-state index is 0.0515. The van der Waals surface area contributed by atoms with Gasteiger partial charge in [-0.3, -0.25) is 19.2 Å². The number of hydrogen-bond acceptors (Lipinski definition) is 4. The molecule has 222 valence electrons. The summed E-state index contributed by atoms with van der Waals surface area (Å²) in [5.74, 6) is -0.903. The Morgan fingerprint density at radius 3 is 2.45 bits per heavy atom. The number of likely N-dealkylation sites (tertiary alicyclic amines) is 2. The number of halogens is 1. The first-order chi connectivity index (χ1) is 20.1. The van der Waals surface area contributed by atoms with Crippen molar-refractivity contribution in [2.24, 2.45) is 23.7 Å². The van der Waals surface area contributed by atoms with Gasteiger partial charge < -0.3 is 25.4 Å². The molecule has 0 spiro atoms. The van der Waals surface area contributed by atoms with Gasteiger partial charge in [-0.15, -0.1) is 0 Å². The summed E-state index contributed by atoms with van der Waals surface area (Å²) in [6.07, 6.45) is 2.95. The smallest absolute Gasteiger partial charge is 0.253 e. The fourth-order valence-corrected chi connectivity index (χ4v) is 6.50. The van der Waals surface area contributed by atoms with Crippen molar-refractivity contribution >= 4 is 46.1 Å². The van der Waals surface area contributed by atoms with Crippen LogP contribution in [-0.4, -0.2) is 78.2 Å². The van der Waals surface area contributed by atoms with Crippen molar-refractivity contribution in [2.45, 2.75) is 26.7 Å². The molecule has 5 rings (SSSR count). The molecule has 2 fully saturated rings. The standard InChI is InChI=1S/C32H38ClN5O4/c1-19(2)10-20-4-6-21(7-5-20)32(42)38-16-23-15-37(18-27(26(23)17-38)31(41)36-14-29(39)34-3)30(40)11-22-13-35-28-12-24(33)8-9-25(22)28/h4-9,12-13,19,23,26-27,35H,10-11,14-18H2,1-3H3,(H,34,39)(H,36,41). The van der Waals surface area contributed by atoms with Crippen LogP contribution in [0.5, 0.6) is 0 Å². The van der Waals surface area contributed by atoms with Crippen molar-refractivity contribution in [3.05, 3.63) is 70.4 Å². The summed E-state index contributed by atoms with van der Waals surface area (Å²) in [6.45, 7) is 5.79. The average Bonchev–Trinajstić information content (AvgIpc) is 3.58. The van der Waals surface area contributed by atoms with E-state index in [0.717, 1.165) is 22.9 Å². The van der Waals surface area contributed by atoms with E-state index in [-0.39, 0.29) is 55.0 Å². The predicted octanol–water partition coefficient (Wildman–Crippen LogP) is 3.27. The minimum atomic E-state index is -0.537. The molecule has 2 aromatic carbocycles. The molecule has 9 nitrogen and oxygen atoms in total. The fourth-order valence-electron chi connectivity index (χ4n) is 6.33. The first-order valence-corrected chi connectivity index (χ1v) is 14.9. The highest BCUT2D eigenvalue weighted by Crippen LogP contribution is 2.36. The highest BCUT2D eigenvalue weighted by Gasteiger charge is 2.47. The zero-order valence-corrected chi connectivity index (χ0v) is 25.0. The second-order valence-electron chi connectivity index (χ2n) is 11.9. The number of nitrogens with zero attached hydrogens (tertiary/aromatic N) is 2. The number of carbonyl (C=O) groups excluding carboxylic acids is 4. The van der Waals surface area contributed by atoms with Gasteiger partial charge in [-0.2, -0.15) is 0 Å². The summed E-state index contributed by atoms with van der Waals surface area (Å²) in [6, 6.07) is 13.3. The number of piperidine rings is 1. The van der Waals surface area contributed by atoms with Crippen LogP contribution in [0.25, 0.3) is 10.9 Å². The van der Waals surface area contributed by atoms with Crippen LogP contribution in [0.15, 0.2) is 48.7 Å². The van der Waals surface area contributed by atoms with Crippen LogP contribution in [-0.2, 0) is 27.2 Å². The van der Waals surface area contributed by atoms with Crippen molar-refractivity contribution in [3.8, 4) is 0 Å². The predicted molar refractivity (Wildman–Crippen MR) is 162 cm³/mol. The Morgan fingerprint density at radius 2 is 1.74 bits per heavy atom. The van der Waals surface area contributed by atoms with Crippen LogP contribution in [0.4, 0.5) is 0 Å². The Balaban J connectivity index is 1.33. The van der Waals surface area contributed by atoms with Crippen molar-refractivity contribution in [2.75, 3.05) is 39.8 Å². The third kappa shape index (κ3) is 6.46. The first kappa shape index (κ1) is 29.6. The van der Waals surface area contributed by atoms with Crippen molar-refractivity contribution < 1.29 is 19.2 Å². The van der Waals surface area contributed by atoms with Crippen molar-refractivity contribution in [1.29, 1.82) is 0 Å². The van der Waals surface area contributed by atoms with Crippen molar-refractivity contribution in [3.63, 3.8) is 0 Å². The Bertz CT molecular complexity index is 1480. The zero-order valence-electron chi connectivity index (χ0n) is 24.3. The van der Waals surface area contributed by atoms with Crippen LogP contribution in [0, 0.1) is 23.7 Å². The monoisotopic (exact) mass is 591 g/mol. The molecule has 3 unspecified atom stereocenters. The molecule has 0 saturated carbocycles. The third-order valence-electron chi connectivity index (χ3n) is 8.48. The molecule has 0 aliphatic carbocycles. The van der Waals surface area contributed by atoms with E-state index < -0.39 is 5.92 Å². The van der Waals surface area contributed by atoms with Gasteiger partial charge in [-0.1, -0.05) is 43.6 Å². The van der Waals surface area contributed by atoms with E-state index in [0.29, 0.717) is 36.1 Å². The lowest BCUT2D eigenvalue weighted by molar-refractivity contribution is -0.139. The molecular formula is C32H38ClN5O4. The number of carbonyl (C=O) groups is 4. The van der Waals surface area contributed by atoms with Gasteiger partial charge in [0.2, 0.25) is 17.7 Å². The quantitative estimate of drug-likeness (QED) is 0.373. The van der Waals surface area contributed by atoms with Crippen LogP contribution < -0.4 is 10.6 Å². The number of benzene rings is 2. The maximum atomic E-state index is 13.6. The summed E-state index contributed by atoms with van der Waals surface area (Å²) in [5, 5.41) is 6.79. The van der Waals surface area contributed by atoms with Gasteiger partial charge >= 0.3 is 0 Å². The van der Waals surface area contributed by atoms with Gasteiger partial charge in [0.15, 0.2) is 0 Å². The second-order valence-corrected chi connectivity index (χ2v) is 12.3. The van der Waals surface area contributed by atoms with E-state index in [1.54, 1.807) is 11.0 Å². The second kappa shape index (κ2) is 12.6. The molecule has 10 heteroatoms. The number of aromatic amines is 1. The van der Waals surface area contributed by atoms with E-state index in [2.05, 4.69) is 29.5 Å². The van der Waals surface area contributed by atoms with E-state index in [9.17, 15) is 19.2 Å². The summed E-state index contributed by atoms with van der Waals surface area (Å²) >= 11 is 6.12. The van der Waals surface area contributed by atoms with E-state index in [1.165, 1.54) is 12.6 Å². The lowest BCUT2D eigenvalue weighted by Crippen LogP contribution is -2.54. The molecule has 2 saturated heterocycles.